The van der Waals surface area contributed by atoms with Crippen molar-refractivity contribution in [3.05, 3.63) is 59.7 Å². The predicted molar refractivity (Wildman–Crippen MR) is 140 cm³/mol. The summed E-state index contributed by atoms with van der Waals surface area (Å²) in [6.07, 6.45) is 14.1. The summed E-state index contributed by atoms with van der Waals surface area (Å²) in [6.45, 7) is 5.94. The molecule has 0 bridgehead atoms. The standard InChI is InChI=1S/C30H43NO3/c1-25(32)29-16-15-28(24-30(29)33)34-22-12-7-5-3-2-4-6-11-19-31-20-17-27(18-21-31)23-26-13-9-8-10-14-26/h8-10,13-16,24,27,33H,2-7,11-12,17-23H2,1H3. The molecule has 1 saturated heterocycles. The number of aromatic hydroxyl groups is 1. The third-order valence-corrected chi connectivity index (χ3v) is 7.06. The van der Waals surface area contributed by atoms with Crippen molar-refractivity contribution in [1.29, 1.82) is 0 Å². The van der Waals surface area contributed by atoms with Gasteiger partial charge in [-0.3, -0.25) is 4.79 Å². The number of carbonyl (C=O) groups is 1. The van der Waals surface area contributed by atoms with Crippen molar-refractivity contribution in [2.24, 2.45) is 5.92 Å². The second kappa shape index (κ2) is 14.8. The molecule has 1 aliphatic rings. The Morgan fingerprint density at radius 2 is 1.56 bits per heavy atom. The quantitative estimate of drug-likeness (QED) is 0.226. The predicted octanol–water partition coefficient (Wildman–Crippen LogP) is 7.05. The van der Waals surface area contributed by atoms with Gasteiger partial charge in [-0.1, -0.05) is 68.9 Å². The third kappa shape index (κ3) is 9.50. The summed E-state index contributed by atoms with van der Waals surface area (Å²) in [5.41, 5.74) is 1.84. The number of hydrogen-bond donors (Lipinski definition) is 1. The van der Waals surface area contributed by atoms with Gasteiger partial charge in [0.05, 0.1) is 12.2 Å². The average molecular weight is 466 g/mol. The summed E-state index contributed by atoms with van der Waals surface area (Å²) < 4.78 is 5.70. The maximum Gasteiger partial charge on any atom is 0.163 e. The fourth-order valence-electron chi connectivity index (χ4n) is 4.95. The summed E-state index contributed by atoms with van der Waals surface area (Å²) in [5.74, 6) is 1.35. The molecular weight excluding hydrogens is 422 g/mol. The highest BCUT2D eigenvalue weighted by Gasteiger charge is 2.18. The normalized spacial score (nSPS) is 14.9. The molecule has 0 unspecified atom stereocenters. The lowest BCUT2D eigenvalue weighted by atomic mass is 9.90. The first-order chi connectivity index (χ1) is 16.6. The van der Waals surface area contributed by atoms with Crippen LogP contribution in [0.15, 0.2) is 48.5 Å². The second-order valence-corrected chi connectivity index (χ2v) is 9.89. The molecule has 0 spiro atoms. The molecule has 186 valence electrons. The summed E-state index contributed by atoms with van der Waals surface area (Å²) in [5, 5.41) is 9.85. The molecule has 0 amide bonds. The minimum atomic E-state index is -0.136. The van der Waals surface area contributed by atoms with Crippen LogP contribution in [0.25, 0.3) is 0 Å². The highest BCUT2D eigenvalue weighted by atomic mass is 16.5. The van der Waals surface area contributed by atoms with E-state index >= 15 is 0 Å². The number of ketones is 1. The van der Waals surface area contributed by atoms with Crippen molar-refractivity contribution in [3.63, 3.8) is 0 Å². The van der Waals surface area contributed by atoms with Crippen LogP contribution in [0.3, 0.4) is 0 Å². The second-order valence-electron chi connectivity index (χ2n) is 9.89. The number of Topliss-reactive ketones (excluding diaryl/α,β-unsaturated/α-hetero) is 1. The summed E-state index contributed by atoms with van der Waals surface area (Å²) in [6, 6.07) is 15.9. The number of likely N-dealkylation sites (tertiary alicyclic amines) is 1. The van der Waals surface area contributed by atoms with Crippen molar-refractivity contribution >= 4 is 5.78 Å². The Labute approximate surface area is 206 Å². The van der Waals surface area contributed by atoms with Crippen molar-refractivity contribution in [2.75, 3.05) is 26.2 Å². The molecule has 4 heteroatoms. The van der Waals surface area contributed by atoms with Crippen LogP contribution in [0.2, 0.25) is 0 Å². The van der Waals surface area contributed by atoms with Gasteiger partial charge in [0.15, 0.2) is 5.78 Å². The van der Waals surface area contributed by atoms with Gasteiger partial charge >= 0.3 is 0 Å². The maximum absolute atomic E-state index is 11.4. The summed E-state index contributed by atoms with van der Waals surface area (Å²) in [7, 11) is 0. The van der Waals surface area contributed by atoms with Crippen molar-refractivity contribution in [3.8, 4) is 11.5 Å². The van der Waals surface area contributed by atoms with Gasteiger partial charge in [-0.05, 0) is 82.3 Å². The van der Waals surface area contributed by atoms with Crippen LogP contribution in [-0.4, -0.2) is 42.0 Å². The molecule has 34 heavy (non-hydrogen) atoms. The Hall–Kier alpha value is -2.33. The zero-order valence-electron chi connectivity index (χ0n) is 21.0. The van der Waals surface area contributed by atoms with Crippen molar-refractivity contribution in [2.45, 2.75) is 77.6 Å². The zero-order valence-corrected chi connectivity index (χ0v) is 21.0. The van der Waals surface area contributed by atoms with Crippen LogP contribution in [-0.2, 0) is 6.42 Å². The van der Waals surface area contributed by atoms with Gasteiger partial charge < -0.3 is 14.7 Å². The van der Waals surface area contributed by atoms with Crippen LogP contribution >= 0.6 is 0 Å². The van der Waals surface area contributed by atoms with Crippen LogP contribution in [0.4, 0.5) is 0 Å². The summed E-state index contributed by atoms with van der Waals surface area (Å²) in [4.78, 5) is 14.0. The molecule has 0 saturated carbocycles. The largest absolute Gasteiger partial charge is 0.507 e. The van der Waals surface area contributed by atoms with E-state index in [4.69, 9.17) is 4.74 Å². The Balaban J connectivity index is 1.11. The molecule has 3 rings (SSSR count). The number of carbonyl (C=O) groups excluding carboxylic acids is 1. The van der Waals surface area contributed by atoms with E-state index in [0.717, 1.165) is 12.3 Å². The minimum absolute atomic E-state index is 0.00228. The molecule has 2 aromatic carbocycles. The SMILES string of the molecule is CC(=O)c1ccc(OCCCCCCCCCCN2CCC(Cc3ccccc3)CC2)cc1O. The molecule has 4 nitrogen and oxygen atoms in total. The molecule has 0 aromatic heterocycles. The highest BCUT2D eigenvalue weighted by Crippen LogP contribution is 2.24. The van der Waals surface area contributed by atoms with Gasteiger partial charge in [0.25, 0.3) is 0 Å². The number of piperidine rings is 1. The number of phenols is 1. The molecule has 2 aromatic rings. The first kappa shape index (κ1) is 26.3. The Morgan fingerprint density at radius 1 is 0.912 bits per heavy atom. The first-order valence-corrected chi connectivity index (χ1v) is 13.3. The van der Waals surface area contributed by atoms with Crippen molar-refractivity contribution in [1.82, 2.24) is 4.90 Å². The molecular formula is C30H43NO3. The first-order valence-electron chi connectivity index (χ1n) is 13.3. The van der Waals surface area contributed by atoms with Gasteiger partial charge in [-0.15, -0.1) is 0 Å². The van der Waals surface area contributed by atoms with Gasteiger partial charge in [0.1, 0.15) is 11.5 Å². The van der Waals surface area contributed by atoms with E-state index in [1.807, 2.05) is 0 Å². The number of benzene rings is 2. The van der Waals surface area contributed by atoms with Crippen LogP contribution in [0, 0.1) is 5.92 Å². The summed E-state index contributed by atoms with van der Waals surface area (Å²) >= 11 is 0. The Bertz CT molecular complexity index is 843. The fourth-order valence-corrected chi connectivity index (χ4v) is 4.95. The van der Waals surface area contributed by atoms with Crippen molar-refractivity contribution < 1.29 is 14.6 Å². The molecule has 0 radical (unpaired) electrons. The average Bonchev–Trinajstić information content (AvgIpc) is 2.84. The topological polar surface area (TPSA) is 49.8 Å². The van der Waals surface area contributed by atoms with E-state index in [0.29, 0.717) is 17.9 Å². The van der Waals surface area contributed by atoms with Gasteiger partial charge in [-0.2, -0.15) is 0 Å². The molecule has 1 N–H and O–H groups in total. The number of phenolic OH excluding ortho intramolecular Hbond substituents is 1. The van der Waals surface area contributed by atoms with Gasteiger partial charge in [-0.25, -0.2) is 0 Å². The highest BCUT2D eigenvalue weighted by molar-refractivity contribution is 5.96. The van der Waals surface area contributed by atoms with E-state index in [1.165, 1.54) is 102 Å². The molecule has 0 aliphatic carbocycles. The van der Waals surface area contributed by atoms with Gasteiger partial charge in [0.2, 0.25) is 0 Å². The molecule has 1 heterocycles. The monoisotopic (exact) mass is 465 g/mol. The number of ether oxygens (including phenoxy) is 1. The Kier molecular flexibility index (Phi) is 11.5. The lowest BCUT2D eigenvalue weighted by Gasteiger charge is -2.32. The smallest absolute Gasteiger partial charge is 0.163 e. The number of unbranched alkanes of at least 4 members (excludes halogenated alkanes) is 7. The molecule has 1 fully saturated rings. The van der Waals surface area contributed by atoms with E-state index in [1.54, 1.807) is 12.1 Å². The minimum Gasteiger partial charge on any atom is -0.507 e. The fraction of sp³-hybridized carbons (Fsp3) is 0.567. The zero-order chi connectivity index (χ0) is 24.0. The van der Waals surface area contributed by atoms with E-state index < -0.39 is 0 Å². The van der Waals surface area contributed by atoms with Crippen LogP contribution < -0.4 is 4.74 Å². The van der Waals surface area contributed by atoms with E-state index in [-0.39, 0.29) is 11.5 Å². The van der Waals surface area contributed by atoms with Crippen LogP contribution in [0.5, 0.6) is 11.5 Å². The lowest BCUT2D eigenvalue weighted by Crippen LogP contribution is -2.35. The maximum atomic E-state index is 11.4. The number of nitrogens with zero attached hydrogens (tertiary/aromatic N) is 1. The van der Waals surface area contributed by atoms with E-state index in [9.17, 15) is 9.90 Å². The molecule has 0 atom stereocenters. The number of rotatable bonds is 15. The Morgan fingerprint density at radius 3 is 2.21 bits per heavy atom. The number of hydrogen-bond acceptors (Lipinski definition) is 4. The third-order valence-electron chi connectivity index (χ3n) is 7.06. The lowest BCUT2D eigenvalue weighted by molar-refractivity contribution is 0.101. The van der Waals surface area contributed by atoms with Gasteiger partial charge in [0, 0.05) is 6.07 Å². The van der Waals surface area contributed by atoms with Crippen LogP contribution in [0.1, 0.15) is 87.1 Å². The molecule has 1 aliphatic heterocycles. The van der Waals surface area contributed by atoms with E-state index in [2.05, 4.69) is 35.2 Å².